The second-order valence-corrected chi connectivity index (χ2v) is 5.47. The standard InChI is InChI=1S/C15H22F3N3/c16-15(17,18)12-21-9-7-20(8-10-21)11-14-4-2-1-3-13(14)5-6-19/h1-4H,5-12,19H2. The van der Waals surface area contributed by atoms with Crippen LogP contribution in [-0.2, 0) is 13.0 Å². The minimum Gasteiger partial charge on any atom is -0.330 e. The molecule has 1 aromatic rings. The molecular formula is C15H22F3N3. The molecule has 1 aliphatic heterocycles. The zero-order valence-corrected chi connectivity index (χ0v) is 12.1. The first-order valence-electron chi connectivity index (χ1n) is 7.26. The highest BCUT2D eigenvalue weighted by Crippen LogP contribution is 2.18. The highest BCUT2D eigenvalue weighted by Gasteiger charge is 2.32. The summed E-state index contributed by atoms with van der Waals surface area (Å²) in [6, 6.07) is 8.14. The van der Waals surface area contributed by atoms with Crippen LogP contribution >= 0.6 is 0 Å². The summed E-state index contributed by atoms with van der Waals surface area (Å²) >= 11 is 0. The number of nitrogens with zero attached hydrogens (tertiary/aromatic N) is 2. The van der Waals surface area contributed by atoms with E-state index in [9.17, 15) is 13.2 Å². The molecule has 0 unspecified atom stereocenters. The molecule has 0 radical (unpaired) electrons. The zero-order chi connectivity index (χ0) is 15.3. The van der Waals surface area contributed by atoms with Crippen molar-refractivity contribution in [3.63, 3.8) is 0 Å². The highest BCUT2D eigenvalue weighted by atomic mass is 19.4. The van der Waals surface area contributed by atoms with Gasteiger partial charge in [0.05, 0.1) is 6.54 Å². The first kappa shape index (κ1) is 16.3. The SMILES string of the molecule is NCCc1ccccc1CN1CCN(CC(F)(F)F)CC1. The molecular weight excluding hydrogens is 279 g/mol. The molecule has 0 aliphatic carbocycles. The lowest BCUT2D eigenvalue weighted by atomic mass is 10.0. The minimum atomic E-state index is -4.10. The Labute approximate surface area is 123 Å². The maximum Gasteiger partial charge on any atom is 0.401 e. The van der Waals surface area contributed by atoms with Crippen LogP contribution in [0.5, 0.6) is 0 Å². The van der Waals surface area contributed by atoms with Crippen molar-refractivity contribution in [2.75, 3.05) is 39.3 Å². The average molecular weight is 301 g/mol. The van der Waals surface area contributed by atoms with Crippen molar-refractivity contribution in [2.45, 2.75) is 19.1 Å². The van der Waals surface area contributed by atoms with Crippen LogP contribution in [-0.4, -0.2) is 55.2 Å². The molecule has 0 spiro atoms. The van der Waals surface area contributed by atoms with Crippen LogP contribution in [0.4, 0.5) is 13.2 Å². The fourth-order valence-electron chi connectivity index (χ4n) is 2.71. The lowest BCUT2D eigenvalue weighted by Gasteiger charge is -2.35. The van der Waals surface area contributed by atoms with Crippen molar-refractivity contribution in [3.8, 4) is 0 Å². The first-order valence-corrected chi connectivity index (χ1v) is 7.26. The van der Waals surface area contributed by atoms with Crippen LogP contribution in [0.3, 0.4) is 0 Å². The molecule has 0 saturated carbocycles. The van der Waals surface area contributed by atoms with Crippen LogP contribution in [0.15, 0.2) is 24.3 Å². The molecule has 1 aromatic carbocycles. The number of piperazine rings is 1. The summed E-state index contributed by atoms with van der Waals surface area (Å²) in [6.45, 7) is 2.88. The third-order valence-corrected chi connectivity index (χ3v) is 3.79. The van der Waals surface area contributed by atoms with E-state index in [0.29, 0.717) is 32.7 Å². The summed E-state index contributed by atoms with van der Waals surface area (Å²) in [5.41, 5.74) is 8.08. The summed E-state index contributed by atoms with van der Waals surface area (Å²) < 4.78 is 37.1. The van der Waals surface area contributed by atoms with Gasteiger partial charge in [0.1, 0.15) is 0 Å². The van der Waals surface area contributed by atoms with E-state index in [1.54, 1.807) is 0 Å². The van der Waals surface area contributed by atoms with Crippen molar-refractivity contribution < 1.29 is 13.2 Å². The van der Waals surface area contributed by atoms with Gasteiger partial charge in [0.25, 0.3) is 0 Å². The Morgan fingerprint density at radius 1 is 0.952 bits per heavy atom. The van der Waals surface area contributed by atoms with Gasteiger partial charge in [-0.2, -0.15) is 13.2 Å². The Morgan fingerprint density at radius 3 is 2.10 bits per heavy atom. The molecule has 1 fully saturated rings. The van der Waals surface area contributed by atoms with E-state index in [1.165, 1.54) is 16.0 Å². The predicted molar refractivity (Wildman–Crippen MR) is 77.0 cm³/mol. The third-order valence-electron chi connectivity index (χ3n) is 3.79. The molecule has 1 aliphatic rings. The lowest BCUT2D eigenvalue weighted by molar-refractivity contribution is -0.149. The summed E-state index contributed by atoms with van der Waals surface area (Å²) in [5.74, 6) is 0. The number of halogens is 3. The molecule has 6 heteroatoms. The van der Waals surface area contributed by atoms with Gasteiger partial charge in [-0.1, -0.05) is 24.3 Å². The van der Waals surface area contributed by atoms with Crippen molar-refractivity contribution >= 4 is 0 Å². The third kappa shape index (κ3) is 5.30. The van der Waals surface area contributed by atoms with Crippen LogP contribution in [0.1, 0.15) is 11.1 Å². The Kier molecular flexibility index (Phi) is 5.61. The zero-order valence-electron chi connectivity index (χ0n) is 12.1. The van der Waals surface area contributed by atoms with Gasteiger partial charge in [-0.25, -0.2) is 0 Å². The molecule has 0 bridgehead atoms. The minimum absolute atomic E-state index is 0.471. The first-order chi connectivity index (χ1) is 9.98. The van der Waals surface area contributed by atoms with E-state index in [-0.39, 0.29) is 0 Å². The van der Waals surface area contributed by atoms with Crippen LogP contribution in [0, 0.1) is 0 Å². The fourth-order valence-corrected chi connectivity index (χ4v) is 2.71. The van der Waals surface area contributed by atoms with Gasteiger partial charge in [-0.3, -0.25) is 9.80 Å². The summed E-state index contributed by atoms with van der Waals surface area (Å²) in [5, 5.41) is 0. The van der Waals surface area contributed by atoms with E-state index in [1.807, 2.05) is 12.1 Å². The summed E-state index contributed by atoms with van der Waals surface area (Å²) in [7, 11) is 0. The highest BCUT2D eigenvalue weighted by molar-refractivity contribution is 5.27. The van der Waals surface area contributed by atoms with Gasteiger partial charge in [-0.05, 0) is 24.1 Å². The lowest BCUT2D eigenvalue weighted by Crippen LogP contribution is -2.48. The number of nitrogens with two attached hydrogens (primary N) is 1. The molecule has 0 atom stereocenters. The molecule has 21 heavy (non-hydrogen) atoms. The van der Waals surface area contributed by atoms with Crippen LogP contribution < -0.4 is 5.73 Å². The predicted octanol–water partition coefficient (Wildman–Crippen LogP) is 1.87. The van der Waals surface area contributed by atoms with Crippen molar-refractivity contribution in [3.05, 3.63) is 35.4 Å². The quantitative estimate of drug-likeness (QED) is 0.901. The molecule has 0 amide bonds. The van der Waals surface area contributed by atoms with Gasteiger partial charge >= 0.3 is 6.18 Å². The number of hydrogen-bond acceptors (Lipinski definition) is 3. The fraction of sp³-hybridized carbons (Fsp3) is 0.600. The maximum absolute atomic E-state index is 12.4. The van der Waals surface area contributed by atoms with E-state index in [4.69, 9.17) is 5.73 Å². The van der Waals surface area contributed by atoms with Crippen LogP contribution in [0.2, 0.25) is 0 Å². The monoisotopic (exact) mass is 301 g/mol. The molecule has 118 valence electrons. The van der Waals surface area contributed by atoms with E-state index >= 15 is 0 Å². The second kappa shape index (κ2) is 7.24. The van der Waals surface area contributed by atoms with Gasteiger partial charge in [0.15, 0.2) is 0 Å². The smallest absolute Gasteiger partial charge is 0.330 e. The van der Waals surface area contributed by atoms with Gasteiger partial charge < -0.3 is 5.73 Å². The Hall–Kier alpha value is -1.11. The van der Waals surface area contributed by atoms with Crippen LogP contribution in [0.25, 0.3) is 0 Å². The van der Waals surface area contributed by atoms with Crippen molar-refractivity contribution in [2.24, 2.45) is 5.73 Å². The normalized spacial score (nSPS) is 18.1. The molecule has 2 rings (SSSR count). The van der Waals surface area contributed by atoms with Gasteiger partial charge in [-0.15, -0.1) is 0 Å². The maximum atomic E-state index is 12.4. The van der Waals surface area contributed by atoms with E-state index in [0.717, 1.165) is 13.0 Å². The van der Waals surface area contributed by atoms with Crippen molar-refractivity contribution in [1.29, 1.82) is 0 Å². The molecule has 1 heterocycles. The largest absolute Gasteiger partial charge is 0.401 e. The summed E-state index contributed by atoms with van der Waals surface area (Å²) in [6.07, 6.45) is -3.26. The average Bonchev–Trinajstić information content (AvgIpc) is 2.42. The topological polar surface area (TPSA) is 32.5 Å². The molecule has 2 N–H and O–H groups in total. The van der Waals surface area contributed by atoms with Crippen molar-refractivity contribution in [1.82, 2.24) is 9.80 Å². The molecule has 0 aromatic heterocycles. The Balaban J connectivity index is 1.86. The molecule has 3 nitrogen and oxygen atoms in total. The van der Waals surface area contributed by atoms with Gasteiger partial charge in [0.2, 0.25) is 0 Å². The van der Waals surface area contributed by atoms with E-state index in [2.05, 4.69) is 17.0 Å². The Bertz CT molecular complexity index is 440. The second-order valence-electron chi connectivity index (χ2n) is 5.47. The number of hydrogen-bond donors (Lipinski definition) is 1. The summed E-state index contributed by atoms with van der Waals surface area (Å²) in [4.78, 5) is 3.69. The number of alkyl halides is 3. The number of rotatable bonds is 5. The number of benzene rings is 1. The van der Waals surface area contributed by atoms with E-state index < -0.39 is 12.7 Å². The molecule has 1 saturated heterocycles. The van der Waals surface area contributed by atoms with Gasteiger partial charge in [0, 0.05) is 32.7 Å². The Morgan fingerprint density at radius 2 is 1.52 bits per heavy atom.